The van der Waals surface area contributed by atoms with Crippen molar-refractivity contribution >= 4 is 37.7 Å². The van der Waals surface area contributed by atoms with Gasteiger partial charge in [0.25, 0.3) is 11.1 Å². The van der Waals surface area contributed by atoms with Gasteiger partial charge in [0.1, 0.15) is 21.8 Å². The van der Waals surface area contributed by atoms with Gasteiger partial charge in [0.15, 0.2) is 0 Å². The van der Waals surface area contributed by atoms with Gasteiger partial charge in [-0.25, -0.2) is 4.57 Å². The fraction of sp³-hybridized carbons (Fsp3) is 0. The van der Waals surface area contributed by atoms with E-state index in [4.69, 9.17) is 0 Å². The van der Waals surface area contributed by atoms with E-state index in [1.165, 1.54) is 12.4 Å². The minimum atomic E-state index is -0.803. The summed E-state index contributed by atoms with van der Waals surface area (Å²) >= 11 is 3.27. The van der Waals surface area contributed by atoms with Crippen LogP contribution in [-0.4, -0.2) is 14.5 Å². The van der Waals surface area contributed by atoms with Gasteiger partial charge in [-0.15, -0.1) is 0 Å². The van der Waals surface area contributed by atoms with Crippen LogP contribution in [0.4, 0.5) is 0 Å². The zero-order chi connectivity index (χ0) is 17.0. The van der Waals surface area contributed by atoms with E-state index in [1.807, 2.05) is 0 Å². The van der Waals surface area contributed by atoms with E-state index < -0.39 is 32.7 Å². The van der Waals surface area contributed by atoms with E-state index in [0.29, 0.717) is 4.47 Å². The van der Waals surface area contributed by atoms with Gasteiger partial charge >= 0.3 is 0 Å². The summed E-state index contributed by atoms with van der Waals surface area (Å²) in [6.07, 6.45) is 2.87. The summed E-state index contributed by atoms with van der Waals surface area (Å²) in [5.41, 5.74) is -2.74. The third-order valence-corrected chi connectivity index (χ3v) is 4.54. The molecule has 0 unspecified atom stereocenters. The van der Waals surface area contributed by atoms with Gasteiger partial charge in [-0.1, -0.05) is 12.1 Å². The number of nitrogens with one attached hydrogen (secondary N) is 2. The van der Waals surface area contributed by atoms with E-state index in [9.17, 15) is 19.2 Å². The topological polar surface area (TPSA) is 105 Å². The van der Waals surface area contributed by atoms with Gasteiger partial charge in [-0.2, -0.15) is 0 Å². The second-order valence-electron chi connectivity index (χ2n) is 5.18. The Bertz CT molecular complexity index is 1270. The van der Waals surface area contributed by atoms with E-state index in [0.717, 1.165) is 4.57 Å². The molecule has 4 aromatic rings. The van der Waals surface area contributed by atoms with Crippen LogP contribution in [0.1, 0.15) is 0 Å². The molecule has 2 aromatic carbocycles. The van der Waals surface area contributed by atoms with Crippen LogP contribution in [0.2, 0.25) is 0 Å². The molecule has 0 spiro atoms. The van der Waals surface area contributed by atoms with Gasteiger partial charge in [-0.05, 0) is 28.1 Å². The molecule has 0 saturated carbocycles. The Balaban J connectivity index is 2.34. The lowest BCUT2D eigenvalue weighted by Gasteiger charge is -2.02. The van der Waals surface area contributed by atoms with Gasteiger partial charge < -0.3 is 9.97 Å². The number of aromatic nitrogens is 3. The van der Waals surface area contributed by atoms with Crippen molar-refractivity contribution in [2.75, 3.05) is 0 Å². The average molecular weight is 386 g/mol. The minimum absolute atomic E-state index is 0.0311. The summed E-state index contributed by atoms with van der Waals surface area (Å²) in [6.45, 7) is 0. The van der Waals surface area contributed by atoms with Crippen molar-refractivity contribution in [3.8, 4) is 5.69 Å². The summed E-state index contributed by atoms with van der Waals surface area (Å²) in [5.74, 6) is 0. The van der Waals surface area contributed by atoms with Crippen LogP contribution in [0.3, 0.4) is 0 Å². The first-order chi connectivity index (χ1) is 11.5. The van der Waals surface area contributed by atoms with E-state index in [1.54, 1.807) is 24.3 Å². The summed E-state index contributed by atoms with van der Waals surface area (Å²) in [5, 5.41) is -0.798. The van der Waals surface area contributed by atoms with E-state index in [2.05, 4.69) is 25.9 Å². The number of aromatic amines is 2. The quantitative estimate of drug-likeness (QED) is 0.511. The molecule has 0 saturated heterocycles. The normalized spacial score (nSPS) is 11.4. The monoisotopic (exact) mass is 385 g/mol. The van der Waals surface area contributed by atoms with Gasteiger partial charge in [0.2, 0.25) is 10.9 Å². The lowest BCUT2D eigenvalue weighted by molar-refractivity contribution is 0.984. The smallest absolute Gasteiger partial charge is 0.270 e. The third-order valence-electron chi connectivity index (χ3n) is 3.87. The number of hydrogen-bond acceptors (Lipinski definition) is 4. The molecule has 4 rings (SSSR count). The Kier molecular flexibility index (Phi) is 3.04. The van der Waals surface area contributed by atoms with E-state index in [-0.39, 0.29) is 16.7 Å². The van der Waals surface area contributed by atoms with Crippen molar-refractivity contribution in [2.45, 2.75) is 0 Å². The molecule has 0 bridgehead atoms. The van der Waals surface area contributed by atoms with Crippen LogP contribution in [0.15, 0.2) is 60.3 Å². The molecule has 7 nitrogen and oxygen atoms in total. The summed E-state index contributed by atoms with van der Waals surface area (Å²) in [7, 11) is 0. The van der Waals surface area contributed by atoms with Crippen LogP contribution >= 0.6 is 15.9 Å². The van der Waals surface area contributed by atoms with Crippen molar-refractivity contribution < 1.29 is 0 Å². The lowest BCUT2D eigenvalue weighted by atomic mass is 10.1. The molecule has 0 radical (unpaired) electrons. The summed E-state index contributed by atoms with van der Waals surface area (Å²) in [4.78, 5) is 55.9. The third kappa shape index (κ3) is 1.77. The predicted octanol–water partition coefficient (Wildman–Crippen LogP) is 1.08. The predicted molar refractivity (Wildman–Crippen MR) is 93.4 cm³/mol. The lowest BCUT2D eigenvalue weighted by Crippen LogP contribution is -2.24. The van der Waals surface area contributed by atoms with Crippen molar-refractivity contribution in [2.24, 2.45) is 0 Å². The molecule has 0 aliphatic rings. The van der Waals surface area contributed by atoms with Crippen LogP contribution in [0.25, 0.3) is 27.5 Å². The van der Waals surface area contributed by atoms with Crippen LogP contribution < -0.4 is 22.0 Å². The molecule has 2 aromatic heterocycles. The molecule has 2 heterocycles. The fourth-order valence-electron chi connectivity index (χ4n) is 2.81. The number of nitrogens with zero attached hydrogens (tertiary/aromatic N) is 1. The summed E-state index contributed by atoms with van der Waals surface area (Å²) < 4.78 is 1.35. The number of rotatable bonds is 1. The fourth-order valence-corrected chi connectivity index (χ4v) is 3.27. The van der Waals surface area contributed by atoms with Crippen LogP contribution in [0.5, 0.6) is 0 Å². The Hall–Kier alpha value is -3.00. The van der Waals surface area contributed by atoms with E-state index >= 15 is 0 Å². The number of hydrogen-bond donors (Lipinski definition) is 2. The van der Waals surface area contributed by atoms with Crippen molar-refractivity contribution in [1.29, 1.82) is 0 Å². The van der Waals surface area contributed by atoms with Gasteiger partial charge in [0, 0.05) is 16.9 Å². The number of benzene rings is 2. The van der Waals surface area contributed by atoms with Crippen molar-refractivity contribution in [1.82, 2.24) is 14.5 Å². The molecule has 118 valence electrons. The molecular weight excluding hydrogens is 378 g/mol. The molecule has 0 amide bonds. The number of para-hydroxylation sites is 1. The minimum Gasteiger partial charge on any atom is -0.355 e. The summed E-state index contributed by atoms with van der Waals surface area (Å²) in [6, 6.07) is 6.59. The maximum Gasteiger partial charge on any atom is 0.270 e. The van der Waals surface area contributed by atoms with Crippen molar-refractivity contribution in [3.63, 3.8) is 0 Å². The largest absolute Gasteiger partial charge is 0.355 e. The maximum atomic E-state index is 12.7. The maximum absolute atomic E-state index is 12.7. The molecule has 8 heteroatoms. The molecule has 0 aliphatic heterocycles. The Morgan fingerprint density at radius 3 is 1.79 bits per heavy atom. The van der Waals surface area contributed by atoms with Gasteiger partial charge in [-0.3, -0.25) is 19.2 Å². The highest BCUT2D eigenvalue weighted by Crippen LogP contribution is 2.18. The van der Waals surface area contributed by atoms with Crippen LogP contribution in [0, 0.1) is 0 Å². The first kappa shape index (κ1) is 14.6. The van der Waals surface area contributed by atoms with Crippen LogP contribution in [-0.2, 0) is 0 Å². The SMILES string of the molecule is O=c1c2[nH]cc[nH]c2c(=O)c2c(=O)n(-c3ccccc3Br)c(=O)c12. The second kappa shape index (κ2) is 5.00. The Labute approximate surface area is 140 Å². The van der Waals surface area contributed by atoms with Crippen molar-refractivity contribution in [3.05, 3.63) is 82.3 Å². The molecule has 0 aliphatic carbocycles. The highest BCUT2D eigenvalue weighted by Gasteiger charge is 2.23. The zero-order valence-corrected chi connectivity index (χ0v) is 13.5. The first-order valence-electron chi connectivity index (χ1n) is 6.91. The number of fused-ring (bicyclic) bond motifs is 2. The number of H-pyrrole nitrogens is 2. The zero-order valence-electron chi connectivity index (χ0n) is 11.9. The van der Waals surface area contributed by atoms with Gasteiger partial charge in [0.05, 0.1) is 5.69 Å². The number of halogens is 1. The second-order valence-corrected chi connectivity index (χ2v) is 6.03. The highest BCUT2D eigenvalue weighted by atomic mass is 79.9. The molecule has 0 atom stereocenters. The average Bonchev–Trinajstić information content (AvgIpc) is 2.85. The first-order valence-corrected chi connectivity index (χ1v) is 7.71. The molecule has 0 fully saturated rings. The Morgan fingerprint density at radius 1 is 0.792 bits per heavy atom. The Morgan fingerprint density at radius 2 is 1.29 bits per heavy atom. The molecular formula is C16H8BrN3O4. The molecule has 24 heavy (non-hydrogen) atoms. The highest BCUT2D eigenvalue weighted by molar-refractivity contribution is 9.10. The molecule has 2 N–H and O–H groups in total. The standard InChI is InChI=1S/C16H8BrN3O4/c17-7-3-1-2-4-8(7)20-15(23)9-10(16(20)24)14(22)12-11(13(9)21)18-5-6-19-12/h1-6,18-19H.